The lowest BCUT2D eigenvalue weighted by Gasteiger charge is -2.24. The molecule has 1 unspecified atom stereocenters. The van der Waals surface area contributed by atoms with E-state index in [1.54, 1.807) is 10.8 Å². The highest BCUT2D eigenvalue weighted by Gasteiger charge is 2.16. The summed E-state index contributed by atoms with van der Waals surface area (Å²) in [5, 5.41) is 3.31. The number of aromatic amines is 1. The van der Waals surface area contributed by atoms with Crippen molar-refractivity contribution in [3.8, 4) is 5.69 Å². The first-order chi connectivity index (χ1) is 9.25. The number of morpholine rings is 1. The molecule has 5 nitrogen and oxygen atoms in total. The molecule has 1 aromatic carbocycles. The van der Waals surface area contributed by atoms with Crippen molar-refractivity contribution in [3.05, 3.63) is 52.2 Å². The van der Waals surface area contributed by atoms with E-state index >= 15 is 0 Å². The lowest BCUT2D eigenvalue weighted by Crippen LogP contribution is -2.33. The fourth-order valence-electron chi connectivity index (χ4n) is 2.42. The number of nitrogens with one attached hydrogen (secondary N) is 2. The Morgan fingerprint density at radius 3 is 3.00 bits per heavy atom. The molecule has 3 rings (SSSR count). The molecule has 0 radical (unpaired) electrons. The second-order valence-corrected chi connectivity index (χ2v) is 4.73. The van der Waals surface area contributed by atoms with E-state index in [-0.39, 0.29) is 11.8 Å². The maximum absolute atomic E-state index is 11.8. The number of rotatable bonds is 2. The number of aromatic nitrogens is 2. The van der Waals surface area contributed by atoms with Crippen molar-refractivity contribution in [2.24, 2.45) is 0 Å². The summed E-state index contributed by atoms with van der Waals surface area (Å²) in [4.78, 5) is 14.5. The Kier molecular flexibility index (Phi) is 3.23. The number of nitrogens with zero attached hydrogens (tertiary/aromatic N) is 1. The number of imidazole rings is 1. The summed E-state index contributed by atoms with van der Waals surface area (Å²) in [5.74, 6) is 0. The monoisotopic (exact) mass is 259 g/mol. The van der Waals surface area contributed by atoms with Crippen molar-refractivity contribution in [3.63, 3.8) is 0 Å². The predicted molar refractivity (Wildman–Crippen MR) is 72.7 cm³/mol. The molecule has 0 aliphatic carbocycles. The molecular weight excluding hydrogens is 242 g/mol. The zero-order valence-electron chi connectivity index (χ0n) is 10.8. The molecule has 1 fully saturated rings. The number of H-pyrrole nitrogens is 1. The van der Waals surface area contributed by atoms with Gasteiger partial charge in [0.2, 0.25) is 0 Å². The molecular formula is C14H17N3O2. The molecule has 2 heterocycles. The number of ether oxygens (including phenoxy) is 1. The molecule has 1 saturated heterocycles. The maximum atomic E-state index is 11.8. The van der Waals surface area contributed by atoms with Gasteiger partial charge in [0, 0.05) is 25.0 Å². The van der Waals surface area contributed by atoms with E-state index in [1.807, 2.05) is 31.2 Å². The van der Waals surface area contributed by atoms with Gasteiger partial charge in [0.05, 0.1) is 18.4 Å². The van der Waals surface area contributed by atoms with Crippen molar-refractivity contribution in [2.75, 3.05) is 19.7 Å². The molecule has 0 bridgehead atoms. The van der Waals surface area contributed by atoms with Crippen LogP contribution in [0, 0.1) is 6.92 Å². The van der Waals surface area contributed by atoms with Crippen LogP contribution in [0.4, 0.5) is 0 Å². The Hall–Kier alpha value is -1.85. The number of hydrogen-bond donors (Lipinski definition) is 2. The Morgan fingerprint density at radius 1 is 1.42 bits per heavy atom. The average Bonchev–Trinajstić information content (AvgIpc) is 2.79. The quantitative estimate of drug-likeness (QED) is 0.850. The van der Waals surface area contributed by atoms with E-state index in [1.165, 1.54) is 0 Å². The Morgan fingerprint density at radius 2 is 2.32 bits per heavy atom. The van der Waals surface area contributed by atoms with Crippen molar-refractivity contribution in [1.29, 1.82) is 0 Å². The highest BCUT2D eigenvalue weighted by Crippen LogP contribution is 2.21. The van der Waals surface area contributed by atoms with Crippen LogP contribution in [-0.2, 0) is 4.74 Å². The lowest BCUT2D eigenvalue weighted by atomic mass is 10.1. The van der Waals surface area contributed by atoms with Crippen LogP contribution in [0.2, 0.25) is 0 Å². The third kappa shape index (κ3) is 2.34. The SMILES string of the molecule is Cc1c[nH]c(=O)n1-c1cccc(C2CNCCO2)c1. The van der Waals surface area contributed by atoms with Crippen LogP contribution >= 0.6 is 0 Å². The van der Waals surface area contributed by atoms with Crippen LogP contribution in [-0.4, -0.2) is 29.2 Å². The van der Waals surface area contributed by atoms with Gasteiger partial charge in [0.15, 0.2) is 0 Å². The molecule has 1 aliphatic rings. The molecule has 100 valence electrons. The second-order valence-electron chi connectivity index (χ2n) is 4.73. The van der Waals surface area contributed by atoms with Gasteiger partial charge in [-0.1, -0.05) is 12.1 Å². The third-order valence-corrected chi connectivity index (χ3v) is 3.39. The summed E-state index contributed by atoms with van der Waals surface area (Å²) in [5.41, 5.74) is 2.75. The zero-order chi connectivity index (χ0) is 13.2. The third-order valence-electron chi connectivity index (χ3n) is 3.39. The molecule has 2 aromatic rings. The average molecular weight is 259 g/mol. The molecule has 2 N–H and O–H groups in total. The molecule has 1 aliphatic heterocycles. The van der Waals surface area contributed by atoms with Gasteiger partial charge in [-0.25, -0.2) is 4.79 Å². The van der Waals surface area contributed by atoms with Gasteiger partial charge in [-0.05, 0) is 24.6 Å². The Bertz CT molecular complexity index is 624. The van der Waals surface area contributed by atoms with Gasteiger partial charge < -0.3 is 15.0 Å². The van der Waals surface area contributed by atoms with Crippen LogP contribution in [0.25, 0.3) is 5.69 Å². The van der Waals surface area contributed by atoms with E-state index in [4.69, 9.17) is 4.74 Å². The summed E-state index contributed by atoms with van der Waals surface area (Å²) in [6, 6.07) is 7.94. The summed E-state index contributed by atoms with van der Waals surface area (Å²) in [7, 11) is 0. The van der Waals surface area contributed by atoms with Crippen LogP contribution < -0.4 is 11.0 Å². The molecule has 19 heavy (non-hydrogen) atoms. The summed E-state index contributed by atoms with van der Waals surface area (Å²) < 4.78 is 7.41. The van der Waals surface area contributed by atoms with Gasteiger partial charge in [0.1, 0.15) is 0 Å². The van der Waals surface area contributed by atoms with Crippen LogP contribution in [0.1, 0.15) is 17.4 Å². The fourth-order valence-corrected chi connectivity index (χ4v) is 2.42. The summed E-state index contributed by atoms with van der Waals surface area (Å²) in [6.45, 7) is 4.33. The fraction of sp³-hybridized carbons (Fsp3) is 0.357. The minimum Gasteiger partial charge on any atom is -0.371 e. The zero-order valence-corrected chi connectivity index (χ0v) is 10.8. The van der Waals surface area contributed by atoms with Crippen molar-refractivity contribution < 1.29 is 4.74 Å². The molecule has 0 saturated carbocycles. The Balaban J connectivity index is 1.98. The lowest BCUT2D eigenvalue weighted by molar-refractivity contribution is 0.0277. The largest absolute Gasteiger partial charge is 0.371 e. The van der Waals surface area contributed by atoms with E-state index in [0.29, 0.717) is 0 Å². The molecule has 0 spiro atoms. The van der Waals surface area contributed by atoms with Crippen molar-refractivity contribution in [1.82, 2.24) is 14.9 Å². The van der Waals surface area contributed by atoms with Crippen LogP contribution in [0.3, 0.4) is 0 Å². The van der Waals surface area contributed by atoms with Crippen molar-refractivity contribution in [2.45, 2.75) is 13.0 Å². The van der Waals surface area contributed by atoms with Crippen LogP contribution in [0.15, 0.2) is 35.3 Å². The van der Waals surface area contributed by atoms with Gasteiger partial charge in [-0.15, -0.1) is 0 Å². The van der Waals surface area contributed by atoms with Gasteiger partial charge in [-0.3, -0.25) is 4.57 Å². The minimum atomic E-state index is -0.114. The highest BCUT2D eigenvalue weighted by atomic mass is 16.5. The first-order valence-electron chi connectivity index (χ1n) is 6.45. The molecule has 5 heteroatoms. The maximum Gasteiger partial charge on any atom is 0.330 e. The van der Waals surface area contributed by atoms with Gasteiger partial charge in [0.25, 0.3) is 0 Å². The normalized spacial score (nSPS) is 19.5. The van der Waals surface area contributed by atoms with Crippen molar-refractivity contribution >= 4 is 0 Å². The first kappa shape index (κ1) is 12.2. The topological polar surface area (TPSA) is 59.0 Å². The number of benzene rings is 1. The number of hydrogen-bond acceptors (Lipinski definition) is 3. The molecule has 0 amide bonds. The molecule has 1 atom stereocenters. The second kappa shape index (κ2) is 5.03. The highest BCUT2D eigenvalue weighted by molar-refractivity contribution is 5.38. The minimum absolute atomic E-state index is 0.0589. The first-order valence-corrected chi connectivity index (χ1v) is 6.45. The standard InChI is InChI=1S/C14H17N3O2/c1-10-8-16-14(18)17(10)12-4-2-3-11(7-12)13-9-15-5-6-19-13/h2-4,7-8,13,15H,5-6,9H2,1H3,(H,16,18). The van der Waals surface area contributed by atoms with Gasteiger partial charge >= 0.3 is 5.69 Å². The van der Waals surface area contributed by atoms with Crippen LogP contribution in [0.5, 0.6) is 0 Å². The smallest absolute Gasteiger partial charge is 0.330 e. The van der Waals surface area contributed by atoms with E-state index in [2.05, 4.69) is 10.3 Å². The summed E-state index contributed by atoms with van der Waals surface area (Å²) >= 11 is 0. The van der Waals surface area contributed by atoms with E-state index < -0.39 is 0 Å². The van der Waals surface area contributed by atoms with E-state index in [9.17, 15) is 4.79 Å². The van der Waals surface area contributed by atoms with Gasteiger partial charge in [-0.2, -0.15) is 0 Å². The predicted octanol–water partition coefficient (Wildman–Crippen LogP) is 1.13. The number of aryl methyl sites for hydroxylation is 1. The van der Waals surface area contributed by atoms with E-state index in [0.717, 1.165) is 36.6 Å². The molecule has 1 aromatic heterocycles. The Labute approximate surface area is 111 Å². The summed E-state index contributed by atoms with van der Waals surface area (Å²) in [6.07, 6.45) is 1.77.